The highest BCUT2D eigenvalue weighted by molar-refractivity contribution is 7.98. The van der Waals surface area contributed by atoms with Crippen LogP contribution in [0.4, 0.5) is 5.82 Å². The number of pyridine rings is 1. The van der Waals surface area contributed by atoms with Crippen LogP contribution in [0.5, 0.6) is 5.75 Å². The Morgan fingerprint density at radius 3 is 2.00 bits per heavy atom. The highest BCUT2D eigenvalue weighted by Gasteiger charge is 2.32. The Kier molecular flexibility index (Phi) is 16.5. The number of hydrogen-bond acceptors (Lipinski definition) is 18. The second-order valence-electron chi connectivity index (χ2n) is 12.6. The third kappa shape index (κ3) is 12.4. The third-order valence-corrected chi connectivity index (χ3v) is 9.43. The van der Waals surface area contributed by atoms with E-state index >= 15 is 0 Å². The minimum Gasteiger partial charge on any atom is -0.490 e. The summed E-state index contributed by atoms with van der Waals surface area (Å²) in [6.07, 6.45) is -2.71. The minimum absolute atomic E-state index is 0.0348. The van der Waals surface area contributed by atoms with E-state index in [-0.39, 0.29) is 39.0 Å². The summed E-state index contributed by atoms with van der Waals surface area (Å²) in [7, 11) is 0. The number of aliphatic hydroxyl groups is 2. The molecule has 0 radical (unpaired) electrons. The molecule has 21 heteroatoms. The van der Waals surface area contributed by atoms with Crippen molar-refractivity contribution in [3.8, 4) is 40.5 Å². The molecule has 4 aromatic rings. The first-order chi connectivity index (χ1) is 28.2. The lowest BCUT2D eigenvalue weighted by molar-refractivity contribution is -0.167. The number of nitrogens with two attached hydrogens (primary N) is 3. The van der Waals surface area contributed by atoms with Gasteiger partial charge in [0.2, 0.25) is 17.7 Å². The molecule has 0 aliphatic heterocycles. The largest absolute Gasteiger partial charge is 0.490 e. The summed E-state index contributed by atoms with van der Waals surface area (Å²) in [6, 6.07) is 14.1. The number of nitrogen functional groups attached to an aromatic ring is 1. The van der Waals surface area contributed by atoms with Crippen molar-refractivity contribution >= 4 is 52.9 Å². The molecule has 0 aliphatic rings. The van der Waals surface area contributed by atoms with Gasteiger partial charge in [0.25, 0.3) is 0 Å². The molecule has 4 rings (SSSR count). The fraction of sp³-hybridized carbons (Fsp3) is 0.316. The number of aliphatic hydroxyl groups excluding tert-OH is 2. The van der Waals surface area contributed by atoms with Crippen LogP contribution >= 0.6 is 23.4 Å². The van der Waals surface area contributed by atoms with Gasteiger partial charge in [-0.3, -0.25) is 9.59 Å². The number of nitriles is 2. The molecule has 0 saturated carbocycles. The molecule has 2 heterocycles. The normalized spacial score (nSPS) is 13.4. The molecule has 59 heavy (non-hydrogen) atoms. The second-order valence-corrected chi connectivity index (χ2v) is 14.0. The van der Waals surface area contributed by atoms with Gasteiger partial charge in [-0.25, -0.2) is 19.6 Å². The molecule has 10 N–H and O–H groups in total. The van der Waals surface area contributed by atoms with E-state index < -0.39 is 80.5 Å². The smallest absolute Gasteiger partial charge is 0.331 e. The van der Waals surface area contributed by atoms with E-state index in [1.807, 2.05) is 6.07 Å². The molecule has 0 fully saturated rings. The van der Waals surface area contributed by atoms with Crippen molar-refractivity contribution in [2.75, 3.05) is 32.0 Å². The zero-order chi connectivity index (χ0) is 43.2. The average molecular weight is 850 g/mol. The number of aromatic nitrogens is 2. The summed E-state index contributed by atoms with van der Waals surface area (Å²) in [6.45, 7) is 0.386. The Morgan fingerprint density at radius 2 is 1.44 bits per heavy atom. The van der Waals surface area contributed by atoms with Gasteiger partial charge in [-0.15, -0.1) is 0 Å². The number of oxazole rings is 1. The molecule has 0 aliphatic carbocycles. The number of benzene rings is 2. The lowest BCUT2D eigenvalue weighted by Crippen LogP contribution is -2.52. The zero-order valence-electron chi connectivity index (χ0n) is 31.6. The van der Waals surface area contributed by atoms with Crippen LogP contribution in [-0.2, 0) is 34.4 Å². The molecule has 5 atom stereocenters. The van der Waals surface area contributed by atoms with Crippen molar-refractivity contribution in [1.29, 1.82) is 10.5 Å². The van der Waals surface area contributed by atoms with Crippen LogP contribution in [0.15, 0.2) is 64.2 Å². The van der Waals surface area contributed by atoms with E-state index in [0.29, 0.717) is 27.7 Å². The fourth-order valence-corrected chi connectivity index (χ4v) is 6.17. The Hall–Kier alpha value is -6.26. The average Bonchev–Trinajstić information content (AvgIpc) is 3.70. The van der Waals surface area contributed by atoms with Crippen LogP contribution in [0.2, 0.25) is 5.02 Å². The van der Waals surface area contributed by atoms with Gasteiger partial charge in [-0.1, -0.05) is 35.5 Å². The topological polar surface area (TPSA) is 325 Å². The summed E-state index contributed by atoms with van der Waals surface area (Å²) in [5.41, 5.74) is 18.8. The number of hydrogen-bond donors (Lipinski definition) is 7. The molecule has 2 aromatic heterocycles. The van der Waals surface area contributed by atoms with Crippen LogP contribution in [0.25, 0.3) is 22.6 Å². The first kappa shape index (κ1) is 45.4. The van der Waals surface area contributed by atoms with Crippen LogP contribution < -0.4 is 32.6 Å². The lowest BCUT2D eigenvalue weighted by atomic mass is 9.97. The number of esters is 2. The van der Waals surface area contributed by atoms with E-state index in [1.54, 1.807) is 36.4 Å². The first-order valence-corrected chi connectivity index (χ1v) is 19.0. The Labute approximate surface area is 346 Å². The monoisotopic (exact) mass is 849 g/mol. The van der Waals surface area contributed by atoms with Crippen molar-refractivity contribution in [2.45, 2.75) is 55.0 Å². The Bertz CT molecular complexity index is 2210. The molecular formula is C38H40ClN9O10S. The summed E-state index contributed by atoms with van der Waals surface area (Å²) < 4.78 is 22.2. The molecule has 0 unspecified atom stereocenters. The van der Waals surface area contributed by atoms with E-state index in [1.165, 1.54) is 44.0 Å². The second kappa shape index (κ2) is 21.5. The van der Waals surface area contributed by atoms with Crippen LogP contribution in [0, 0.1) is 22.7 Å². The van der Waals surface area contributed by atoms with Gasteiger partial charge in [-0.2, -0.15) is 10.5 Å². The number of nitrogens with one attached hydrogen (secondary N) is 2. The Morgan fingerprint density at radius 1 is 0.864 bits per heavy atom. The van der Waals surface area contributed by atoms with Gasteiger partial charge in [0.05, 0.1) is 36.6 Å². The van der Waals surface area contributed by atoms with Gasteiger partial charge in [0, 0.05) is 21.9 Å². The first-order valence-electron chi connectivity index (χ1n) is 17.6. The SMILES string of the molecule is C[C@@H](O)[C@H](NC(=O)CN)C(=O)OC[C@H](COc1ccc(-c2c(C#N)c(N)nc(SCc3coc(-c4ccc(Cl)cc4)n3)c2C#N)cc1)OC(=O)[C@@H](NC(=O)CN)[C@@H](C)O. The predicted molar refractivity (Wildman–Crippen MR) is 212 cm³/mol. The number of ether oxygens (including phenoxy) is 3. The number of carbonyl (C=O) groups excluding carboxylic acids is 4. The van der Waals surface area contributed by atoms with Crippen molar-refractivity contribution in [3.05, 3.63) is 76.6 Å². The number of amides is 2. The van der Waals surface area contributed by atoms with E-state index in [2.05, 4.69) is 26.7 Å². The van der Waals surface area contributed by atoms with Crippen LogP contribution in [0.1, 0.15) is 30.7 Å². The number of anilines is 1. The summed E-state index contributed by atoms with van der Waals surface area (Å²) >= 11 is 7.15. The zero-order valence-corrected chi connectivity index (χ0v) is 33.2. The molecular weight excluding hydrogens is 810 g/mol. The number of rotatable bonds is 19. The number of halogens is 1. The molecule has 310 valence electrons. The minimum atomic E-state index is -1.56. The van der Waals surface area contributed by atoms with E-state index in [4.69, 9.17) is 47.4 Å². The predicted octanol–water partition coefficient (Wildman–Crippen LogP) is 1.16. The third-order valence-electron chi connectivity index (χ3n) is 8.16. The van der Waals surface area contributed by atoms with Crippen LogP contribution in [0.3, 0.4) is 0 Å². The number of nitrogens with zero attached hydrogens (tertiary/aromatic N) is 4. The molecule has 2 aromatic carbocycles. The Balaban J connectivity index is 1.54. The standard InChI is InChI=1S/C38H40ClN9O10S/c1-19(49)32(46-29(51)13-42)37(53)57-17-26(58-38(54)33(20(2)50)47-30(52)14-43)16-55-25-9-5-21(6-10-25)31-27(11-40)34(44)48-36(28(31)12-41)59-18-24-15-56-35(45-24)22-3-7-23(39)8-4-22/h3-10,15,19-20,26,32-33,49-50H,13-14,16-18,42-43H2,1-2H3,(H2,44,48)(H,46,51)(H,47,52)/t19-,20-,26+,32+,33+/m1/s1. The quantitative estimate of drug-likeness (QED) is 0.0514. The fourth-order valence-electron chi connectivity index (χ4n) is 5.18. The van der Waals surface area contributed by atoms with Gasteiger partial charge >= 0.3 is 11.9 Å². The molecule has 0 bridgehead atoms. The van der Waals surface area contributed by atoms with Gasteiger partial charge in [0.1, 0.15) is 53.8 Å². The van der Waals surface area contributed by atoms with Crippen molar-refractivity contribution in [2.24, 2.45) is 11.5 Å². The maximum absolute atomic E-state index is 13.1. The van der Waals surface area contributed by atoms with Gasteiger partial charge < -0.3 is 56.7 Å². The van der Waals surface area contributed by atoms with Gasteiger partial charge in [0.15, 0.2) is 18.2 Å². The van der Waals surface area contributed by atoms with Crippen molar-refractivity contribution in [3.63, 3.8) is 0 Å². The van der Waals surface area contributed by atoms with E-state index in [9.17, 15) is 39.9 Å². The highest BCUT2D eigenvalue weighted by Crippen LogP contribution is 2.37. The molecule has 0 spiro atoms. The molecule has 2 amide bonds. The maximum Gasteiger partial charge on any atom is 0.331 e. The number of carbonyl (C=O) groups is 4. The maximum atomic E-state index is 13.1. The van der Waals surface area contributed by atoms with Gasteiger partial charge in [-0.05, 0) is 55.8 Å². The summed E-state index contributed by atoms with van der Waals surface area (Å²) in [5.74, 6) is -3.01. The van der Waals surface area contributed by atoms with Crippen molar-refractivity contribution in [1.82, 2.24) is 20.6 Å². The van der Waals surface area contributed by atoms with Crippen LogP contribution in [-0.4, -0.2) is 101 Å². The summed E-state index contributed by atoms with van der Waals surface area (Å²) in [4.78, 5) is 58.5. The molecule has 19 nitrogen and oxygen atoms in total. The summed E-state index contributed by atoms with van der Waals surface area (Å²) in [5, 5.41) is 45.8. The lowest BCUT2D eigenvalue weighted by Gasteiger charge is -2.25. The van der Waals surface area contributed by atoms with Crippen molar-refractivity contribution < 1.29 is 48.0 Å². The van der Waals surface area contributed by atoms with E-state index in [0.717, 1.165) is 0 Å². The number of thioether (sulfide) groups is 1. The molecule has 0 saturated heterocycles. The highest BCUT2D eigenvalue weighted by atomic mass is 35.5.